The minimum Gasteiger partial charge on any atom is -0.340 e. The van der Waals surface area contributed by atoms with E-state index in [0.717, 1.165) is 17.7 Å². The molecule has 2 aromatic carbocycles. The molecule has 7 heteroatoms. The van der Waals surface area contributed by atoms with Gasteiger partial charge in [0, 0.05) is 29.4 Å². The molecule has 0 aliphatic carbocycles. The summed E-state index contributed by atoms with van der Waals surface area (Å²) in [4.78, 5) is 8.34. The molecule has 0 unspecified atom stereocenters. The van der Waals surface area contributed by atoms with Gasteiger partial charge in [-0.25, -0.2) is 23.1 Å². The molecule has 0 amide bonds. The molecule has 1 aromatic heterocycles. The van der Waals surface area contributed by atoms with Gasteiger partial charge in [0.15, 0.2) is 23.3 Å². The fourth-order valence-electron chi connectivity index (χ4n) is 1.97. The zero-order chi connectivity index (χ0) is 16.4. The first kappa shape index (κ1) is 15.3. The first-order chi connectivity index (χ1) is 11.0. The summed E-state index contributed by atoms with van der Waals surface area (Å²) in [5.74, 6) is -3.54. The molecule has 3 nitrogen and oxygen atoms in total. The van der Waals surface area contributed by atoms with Gasteiger partial charge in [0.25, 0.3) is 0 Å². The highest BCUT2D eigenvalue weighted by Crippen LogP contribution is 2.24. The van der Waals surface area contributed by atoms with Crippen LogP contribution in [0, 0.1) is 17.5 Å². The van der Waals surface area contributed by atoms with Crippen LogP contribution in [0.5, 0.6) is 0 Å². The summed E-state index contributed by atoms with van der Waals surface area (Å²) in [6.07, 6.45) is 0. The van der Waals surface area contributed by atoms with Gasteiger partial charge >= 0.3 is 0 Å². The van der Waals surface area contributed by atoms with Crippen molar-refractivity contribution < 1.29 is 13.2 Å². The topological polar surface area (TPSA) is 37.8 Å². The van der Waals surface area contributed by atoms with E-state index < -0.39 is 17.5 Å². The molecule has 3 rings (SSSR count). The van der Waals surface area contributed by atoms with E-state index in [9.17, 15) is 13.2 Å². The highest BCUT2D eigenvalue weighted by molar-refractivity contribution is 6.29. The second-order valence-corrected chi connectivity index (χ2v) is 5.03. The highest BCUT2D eigenvalue weighted by atomic mass is 35.5. The Kier molecular flexibility index (Phi) is 4.16. The molecule has 1 N–H and O–H groups in total. The van der Waals surface area contributed by atoms with Crippen molar-refractivity contribution in [2.75, 3.05) is 5.32 Å². The van der Waals surface area contributed by atoms with Gasteiger partial charge in [0.05, 0.1) is 0 Å². The van der Waals surface area contributed by atoms with Crippen molar-refractivity contribution in [1.29, 1.82) is 0 Å². The first-order valence-electron chi connectivity index (χ1n) is 6.54. The van der Waals surface area contributed by atoms with Crippen LogP contribution in [-0.2, 0) is 0 Å². The van der Waals surface area contributed by atoms with Crippen molar-refractivity contribution in [2.45, 2.75) is 0 Å². The number of rotatable bonds is 3. The first-order valence-corrected chi connectivity index (χ1v) is 6.92. The monoisotopic (exact) mass is 335 g/mol. The van der Waals surface area contributed by atoms with Gasteiger partial charge in [-0.1, -0.05) is 41.9 Å². The molecule has 0 saturated heterocycles. The van der Waals surface area contributed by atoms with E-state index in [-0.39, 0.29) is 16.7 Å². The van der Waals surface area contributed by atoms with Gasteiger partial charge in [-0.3, -0.25) is 0 Å². The minimum atomic E-state index is -1.53. The Morgan fingerprint density at radius 3 is 2.17 bits per heavy atom. The maximum atomic E-state index is 13.3. The zero-order valence-electron chi connectivity index (χ0n) is 11.5. The van der Waals surface area contributed by atoms with Crippen molar-refractivity contribution in [3.63, 3.8) is 0 Å². The summed E-state index contributed by atoms with van der Waals surface area (Å²) in [5, 5.41) is 2.84. The van der Waals surface area contributed by atoms with E-state index in [0.29, 0.717) is 5.82 Å². The fraction of sp³-hybridized carbons (Fsp3) is 0. The van der Waals surface area contributed by atoms with Crippen molar-refractivity contribution in [1.82, 2.24) is 9.97 Å². The average Bonchev–Trinajstić information content (AvgIpc) is 2.53. The van der Waals surface area contributed by atoms with E-state index in [1.54, 1.807) is 12.1 Å². The number of aromatic nitrogens is 2. The van der Waals surface area contributed by atoms with Crippen molar-refractivity contribution in [2.24, 2.45) is 0 Å². The molecule has 0 spiro atoms. The van der Waals surface area contributed by atoms with Crippen LogP contribution in [0.15, 0.2) is 48.5 Å². The Labute approximate surface area is 134 Å². The molecule has 0 atom stereocenters. The Morgan fingerprint density at radius 1 is 0.870 bits per heavy atom. The maximum Gasteiger partial charge on any atom is 0.194 e. The SMILES string of the molecule is Fc1cc(Nc2cc(Cl)nc(-c3ccccc3)n2)cc(F)c1F. The van der Waals surface area contributed by atoms with Crippen LogP contribution in [0.2, 0.25) is 5.15 Å². The number of hydrogen-bond acceptors (Lipinski definition) is 3. The van der Waals surface area contributed by atoms with Gasteiger partial charge in [0.1, 0.15) is 11.0 Å². The minimum absolute atomic E-state index is 0.00942. The van der Waals surface area contributed by atoms with E-state index in [1.807, 2.05) is 18.2 Å². The second-order valence-electron chi connectivity index (χ2n) is 4.64. The molecule has 1 heterocycles. The van der Waals surface area contributed by atoms with Gasteiger partial charge in [0.2, 0.25) is 0 Å². The van der Waals surface area contributed by atoms with E-state index in [1.165, 1.54) is 6.07 Å². The second kappa shape index (κ2) is 6.26. The van der Waals surface area contributed by atoms with Gasteiger partial charge < -0.3 is 5.32 Å². The third-order valence-corrected chi connectivity index (χ3v) is 3.18. The third kappa shape index (κ3) is 3.43. The number of halogens is 4. The van der Waals surface area contributed by atoms with E-state index in [2.05, 4.69) is 15.3 Å². The summed E-state index contributed by atoms with van der Waals surface area (Å²) in [6, 6.07) is 12.1. The van der Waals surface area contributed by atoms with Crippen LogP contribution in [0.4, 0.5) is 24.7 Å². The van der Waals surface area contributed by atoms with Crippen LogP contribution >= 0.6 is 11.6 Å². The summed E-state index contributed by atoms with van der Waals surface area (Å²) >= 11 is 5.95. The Hall–Kier alpha value is -2.60. The quantitative estimate of drug-likeness (QED) is 0.543. The lowest BCUT2D eigenvalue weighted by Crippen LogP contribution is -2.00. The Bertz CT molecular complexity index is 833. The van der Waals surface area contributed by atoms with E-state index in [4.69, 9.17) is 11.6 Å². The number of nitrogens with one attached hydrogen (secondary N) is 1. The molecule has 0 radical (unpaired) electrons. The molecule has 23 heavy (non-hydrogen) atoms. The van der Waals surface area contributed by atoms with Gasteiger partial charge in [-0.15, -0.1) is 0 Å². The van der Waals surface area contributed by atoms with Crippen LogP contribution in [0.25, 0.3) is 11.4 Å². The largest absolute Gasteiger partial charge is 0.340 e. The fourth-order valence-corrected chi connectivity index (χ4v) is 2.16. The predicted molar refractivity (Wildman–Crippen MR) is 82.1 cm³/mol. The normalized spacial score (nSPS) is 10.6. The number of nitrogens with zero attached hydrogens (tertiary/aromatic N) is 2. The van der Waals surface area contributed by atoms with Crippen molar-refractivity contribution >= 4 is 23.1 Å². The predicted octanol–water partition coefficient (Wildman–Crippen LogP) is 4.96. The lowest BCUT2D eigenvalue weighted by atomic mass is 10.2. The molecule has 3 aromatic rings. The van der Waals surface area contributed by atoms with Crippen LogP contribution in [0.3, 0.4) is 0 Å². The molecular formula is C16H9ClF3N3. The number of hydrogen-bond donors (Lipinski definition) is 1. The third-order valence-electron chi connectivity index (χ3n) is 2.98. The van der Waals surface area contributed by atoms with Crippen LogP contribution in [-0.4, -0.2) is 9.97 Å². The van der Waals surface area contributed by atoms with Crippen LogP contribution < -0.4 is 5.32 Å². The number of benzene rings is 2. The number of anilines is 2. The molecule has 0 saturated carbocycles. The Morgan fingerprint density at radius 2 is 1.52 bits per heavy atom. The van der Waals surface area contributed by atoms with Gasteiger partial charge in [-0.2, -0.15) is 0 Å². The standard InChI is InChI=1S/C16H9ClF3N3/c17-13-8-14(21-10-6-11(18)15(20)12(19)7-10)23-16(22-13)9-4-2-1-3-5-9/h1-8H,(H,21,22,23). The smallest absolute Gasteiger partial charge is 0.194 e. The summed E-state index contributed by atoms with van der Waals surface area (Å²) in [5.41, 5.74) is 0.740. The van der Waals surface area contributed by atoms with E-state index >= 15 is 0 Å². The molecule has 116 valence electrons. The van der Waals surface area contributed by atoms with Crippen molar-refractivity contribution in [3.8, 4) is 11.4 Å². The highest BCUT2D eigenvalue weighted by Gasteiger charge is 2.12. The lowest BCUT2D eigenvalue weighted by molar-refractivity contribution is 0.448. The molecular weight excluding hydrogens is 327 g/mol. The average molecular weight is 336 g/mol. The maximum absolute atomic E-state index is 13.3. The summed E-state index contributed by atoms with van der Waals surface area (Å²) < 4.78 is 39.5. The summed E-state index contributed by atoms with van der Waals surface area (Å²) in [7, 11) is 0. The molecule has 0 aliphatic rings. The van der Waals surface area contributed by atoms with Gasteiger partial charge in [-0.05, 0) is 0 Å². The van der Waals surface area contributed by atoms with Crippen LogP contribution in [0.1, 0.15) is 0 Å². The summed E-state index contributed by atoms with van der Waals surface area (Å²) in [6.45, 7) is 0. The van der Waals surface area contributed by atoms with Crippen molar-refractivity contribution in [3.05, 3.63) is 71.1 Å². The lowest BCUT2D eigenvalue weighted by Gasteiger charge is -2.09. The zero-order valence-corrected chi connectivity index (χ0v) is 12.3. The molecule has 0 aliphatic heterocycles. The Balaban J connectivity index is 1.96. The molecule has 0 bridgehead atoms. The molecule has 0 fully saturated rings.